The second-order valence-electron chi connectivity index (χ2n) is 2.78. The van der Waals surface area contributed by atoms with E-state index in [1.54, 1.807) is 25.2 Å². The third kappa shape index (κ3) is 5.82. The zero-order valence-electron chi connectivity index (χ0n) is 10.3. The molecule has 5 heteroatoms. The molecular formula is C12H18ClN3O. The highest BCUT2D eigenvalue weighted by molar-refractivity contribution is 6.31. The Labute approximate surface area is 107 Å². The molecule has 0 spiro atoms. The van der Waals surface area contributed by atoms with E-state index in [1.165, 1.54) is 12.4 Å². The van der Waals surface area contributed by atoms with Gasteiger partial charge >= 0.3 is 0 Å². The van der Waals surface area contributed by atoms with Crippen LogP contribution in [0.1, 0.15) is 13.8 Å². The van der Waals surface area contributed by atoms with Gasteiger partial charge in [-0.25, -0.2) is 0 Å². The van der Waals surface area contributed by atoms with Crippen LogP contribution < -0.4 is 16.2 Å². The van der Waals surface area contributed by atoms with Crippen LogP contribution in [0.5, 0.6) is 5.75 Å². The quantitative estimate of drug-likeness (QED) is 0.496. The minimum atomic E-state index is 0.430. The number of halogens is 1. The molecule has 1 aromatic rings. The van der Waals surface area contributed by atoms with E-state index in [2.05, 4.69) is 4.99 Å². The first-order valence-corrected chi connectivity index (χ1v) is 5.61. The predicted octanol–water partition coefficient (Wildman–Crippen LogP) is 2.83. The van der Waals surface area contributed by atoms with Gasteiger partial charge in [-0.1, -0.05) is 25.4 Å². The van der Waals surface area contributed by atoms with Crippen LogP contribution in [-0.4, -0.2) is 13.3 Å². The minimum absolute atomic E-state index is 0.430. The second kappa shape index (κ2) is 8.47. The maximum atomic E-state index is 5.81. The molecule has 0 aliphatic heterocycles. The average Bonchev–Trinajstić information content (AvgIpc) is 2.30. The molecule has 4 nitrogen and oxygen atoms in total. The van der Waals surface area contributed by atoms with Gasteiger partial charge in [0.1, 0.15) is 5.75 Å². The van der Waals surface area contributed by atoms with Crippen molar-refractivity contribution in [2.75, 3.05) is 12.8 Å². The molecule has 0 heterocycles. The number of rotatable bonds is 3. The summed E-state index contributed by atoms with van der Waals surface area (Å²) in [4.78, 5) is 3.79. The summed E-state index contributed by atoms with van der Waals surface area (Å²) in [7, 11) is 1.62. The Hall–Kier alpha value is -1.68. The molecule has 0 unspecified atom stereocenters. The summed E-state index contributed by atoms with van der Waals surface area (Å²) >= 11 is 5.81. The van der Waals surface area contributed by atoms with Crippen LogP contribution in [0.4, 0.5) is 5.69 Å². The lowest BCUT2D eigenvalue weighted by atomic mass is 10.3. The fraction of sp³-hybridized carbons (Fsp3) is 0.250. The van der Waals surface area contributed by atoms with Crippen molar-refractivity contribution in [2.24, 2.45) is 10.7 Å². The molecule has 0 saturated carbocycles. The Balaban J connectivity index is 0.00000121. The molecule has 4 N–H and O–H groups in total. The van der Waals surface area contributed by atoms with Crippen LogP contribution in [0.15, 0.2) is 35.2 Å². The van der Waals surface area contributed by atoms with Gasteiger partial charge in [0.2, 0.25) is 0 Å². The topological polar surface area (TPSA) is 73.6 Å². The van der Waals surface area contributed by atoms with E-state index in [1.807, 2.05) is 13.8 Å². The molecule has 0 aliphatic carbocycles. The molecule has 0 bridgehead atoms. The SMILES string of the molecule is CC.CN=C/C(=C\N)Oc1cc(N)cc(Cl)c1. The van der Waals surface area contributed by atoms with E-state index >= 15 is 0 Å². The molecule has 94 valence electrons. The number of ether oxygens (including phenoxy) is 1. The van der Waals surface area contributed by atoms with E-state index in [0.717, 1.165) is 0 Å². The van der Waals surface area contributed by atoms with Crippen molar-refractivity contribution in [2.45, 2.75) is 13.8 Å². The van der Waals surface area contributed by atoms with Crippen molar-refractivity contribution in [3.05, 3.63) is 35.2 Å². The summed E-state index contributed by atoms with van der Waals surface area (Å²) in [5.74, 6) is 0.954. The Bertz CT molecular complexity index is 382. The maximum Gasteiger partial charge on any atom is 0.160 e. The van der Waals surface area contributed by atoms with E-state index in [-0.39, 0.29) is 0 Å². The number of nitrogens with zero attached hydrogens (tertiary/aromatic N) is 1. The summed E-state index contributed by atoms with van der Waals surface area (Å²) in [6.45, 7) is 4.00. The number of nitrogen functional groups attached to an aromatic ring is 1. The van der Waals surface area contributed by atoms with E-state index < -0.39 is 0 Å². The fourth-order valence-electron chi connectivity index (χ4n) is 1.01. The molecular weight excluding hydrogens is 238 g/mol. The Morgan fingerprint density at radius 3 is 2.47 bits per heavy atom. The lowest BCUT2D eigenvalue weighted by Gasteiger charge is -2.06. The minimum Gasteiger partial charge on any atom is -0.454 e. The largest absolute Gasteiger partial charge is 0.454 e. The van der Waals surface area contributed by atoms with Gasteiger partial charge in [0.25, 0.3) is 0 Å². The number of nitrogens with two attached hydrogens (primary N) is 2. The van der Waals surface area contributed by atoms with Gasteiger partial charge in [-0.2, -0.15) is 0 Å². The lowest BCUT2D eigenvalue weighted by Crippen LogP contribution is -2.00. The van der Waals surface area contributed by atoms with Crippen molar-refractivity contribution >= 4 is 23.5 Å². The monoisotopic (exact) mass is 255 g/mol. The molecule has 0 aromatic heterocycles. The van der Waals surface area contributed by atoms with Crippen molar-refractivity contribution in [3.8, 4) is 5.75 Å². The highest BCUT2D eigenvalue weighted by Gasteiger charge is 2.00. The van der Waals surface area contributed by atoms with E-state index in [4.69, 9.17) is 27.8 Å². The number of anilines is 1. The van der Waals surface area contributed by atoms with Gasteiger partial charge < -0.3 is 16.2 Å². The molecule has 0 radical (unpaired) electrons. The number of benzene rings is 1. The summed E-state index contributed by atoms with van der Waals surface area (Å²) < 4.78 is 5.39. The highest BCUT2D eigenvalue weighted by Crippen LogP contribution is 2.23. The van der Waals surface area contributed by atoms with Crippen LogP contribution in [0.25, 0.3) is 0 Å². The first-order valence-electron chi connectivity index (χ1n) is 5.23. The summed E-state index contributed by atoms with van der Waals surface area (Å²) in [5.41, 5.74) is 11.5. The molecule has 1 aromatic carbocycles. The smallest absolute Gasteiger partial charge is 0.160 e. The molecule has 1 rings (SSSR count). The van der Waals surface area contributed by atoms with Gasteiger partial charge in [0.15, 0.2) is 5.76 Å². The number of hydrogen-bond acceptors (Lipinski definition) is 4. The van der Waals surface area contributed by atoms with Crippen LogP contribution >= 0.6 is 11.6 Å². The lowest BCUT2D eigenvalue weighted by molar-refractivity contribution is 0.456. The first-order chi connectivity index (χ1) is 8.15. The zero-order chi connectivity index (χ0) is 13.3. The number of hydrogen-bond donors (Lipinski definition) is 2. The van der Waals surface area contributed by atoms with E-state index in [0.29, 0.717) is 22.2 Å². The molecule has 0 atom stereocenters. The van der Waals surface area contributed by atoms with Gasteiger partial charge in [-0.3, -0.25) is 4.99 Å². The first kappa shape index (κ1) is 15.3. The molecule has 0 fully saturated rings. The Kier molecular flexibility index (Phi) is 7.63. The summed E-state index contributed by atoms with van der Waals surface area (Å²) in [5, 5.41) is 0.509. The van der Waals surface area contributed by atoms with Crippen LogP contribution in [0, 0.1) is 0 Å². The van der Waals surface area contributed by atoms with Crippen molar-refractivity contribution in [1.82, 2.24) is 0 Å². The maximum absolute atomic E-state index is 5.81. The predicted molar refractivity (Wildman–Crippen MR) is 74.5 cm³/mol. The number of aliphatic imine (C=N–C) groups is 1. The van der Waals surface area contributed by atoms with Crippen molar-refractivity contribution in [3.63, 3.8) is 0 Å². The molecule has 0 amide bonds. The fourth-order valence-corrected chi connectivity index (χ4v) is 1.24. The second-order valence-corrected chi connectivity index (χ2v) is 3.22. The van der Waals surface area contributed by atoms with Gasteiger partial charge in [0.05, 0.1) is 6.21 Å². The molecule has 0 aliphatic rings. The average molecular weight is 256 g/mol. The van der Waals surface area contributed by atoms with Crippen LogP contribution in [0.2, 0.25) is 5.02 Å². The summed E-state index contributed by atoms with van der Waals surface area (Å²) in [6.07, 6.45) is 2.81. The third-order valence-electron chi connectivity index (χ3n) is 1.55. The number of allylic oxidation sites excluding steroid dienone is 1. The van der Waals surface area contributed by atoms with E-state index in [9.17, 15) is 0 Å². The van der Waals surface area contributed by atoms with Crippen LogP contribution in [0.3, 0.4) is 0 Å². The molecule has 0 saturated heterocycles. The van der Waals surface area contributed by atoms with Gasteiger partial charge in [0, 0.05) is 30.0 Å². The van der Waals surface area contributed by atoms with Crippen molar-refractivity contribution < 1.29 is 4.74 Å². The Morgan fingerprint density at radius 1 is 1.35 bits per heavy atom. The molecule has 17 heavy (non-hydrogen) atoms. The third-order valence-corrected chi connectivity index (χ3v) is 1.77. The summed E-state index contributed by atoms with van der Waals surface area (Å²) in [6, 6.07) is 4.93. The van der Waals surface area contributed by atoms with Crippen molar-refractivity contribution in [1.29, 1.82) is 0 Å². The standard InChI is InChI=1S/C10H12ClN3O.C2H6/c1-14-6-10(5-12)15-9-3-7(11)2-8(13)4-9;1-2/h2-6H,12-13H2,1H3;1-2H3/b10-5+,14-6?;. The Morgan fingerprint density at radius 2 is 2.00 bits per heavy atom. The zero-order valence-corrected chi connectivity index (χ0v) is 11.0. The van der Waals surface area contributed by atoms with Gasteiger partial charge in [-0.05, 0) is 12.1 Å². The normalized spacial score (nSPS) is 10.9. The highest BCUT2D eigenvalue weighted by atomic mass is 35.5. The van der Waals surface area contributed by atoms with Gasteiger partial charge in [-0.15, -0.1) is 0 Å². The van der Waals surface area contributed by atoms with Crippen LogP contribution in [-0.2, 0) is 0 Å².